The van der Waals surface area contributed by atoms with Crippen LogP contribution in [0, 0.1) is 12.8 Å². The van der Waals surface area contributed by atoms with Gasteiger partial charge in [0.25, 0.3) is 0 Å². The smallest absolute Gasteiger partial charge is 0.339 e. The number of pyridine rings is 1. The molecule has 0 spiro atoms. The van der Waals surface area contributed by atoms with E-state index in [1.54, 1.807) is 19.1 Å². The van der Waals surface area contributed by atoms with Crippen LogP contribution >= 0.6 is 0 Å². The molecule has 4 heteroatoms. The van der Waals surface area contributed by atoms with E-state index in [4.69, 9.17) is 0 Å². The van der Waals surface area contributed by atoms with E-state index in [1.165, 1.54) is 7.11 Å². The minimum atomic E-state index is -0.347. The summed E-state index contributed by atoms with van der Waals surface area (Å²) in [6.45, 7) is 6.92. The monoisotopic (exact) mass is 222 g/mol. The fourth-order valence-electron chi connectivity index (χ4n) is 1.29. The van der Waals surface area contributed by atoms with Crippen LogP contribution in [-0.2, 0) is 4.74 Å². The summed E-state index contributed by atoms with van der Waals surface area (Å²) in [4.78, 5) is 15.6. The van der Waals surface area contributed by atoms with Gasteiger partial charge in [0.05, 0.1) is 18.4 Å². The fraction of sp³-hybridized carbons (Fsp3) is 0.500. The molecule has 4 nitrogen and oxygen atoms in total. The number of anilines is 1. The number of aryl methyl sites for hydroxylation is 1. The van der Waals surface area contributed by atoms with E-state index in [1.807, 2.05) is 0 Å². The summed E-state index contributed by atoms with van der Waals surface area (Å²) in [5, 5.41) is 3.21. The molecule has 1 N–H and O–H groups in total. The molecule has 1 aromatic rings. The van der Waals surface area contributed by atoms with Crippen LogP contribution in [0.15, 0.2) is 12.1 Å². The van der Waals surface area contributed by atoms with Gasteiger partial charge in [0.2, 0.25) is 0 Å². The Balaban J connectivity index is 2.78. The van der Waals surface area contributed by atoms with E-state index < -0.39 is 0 Å². The Morgan fingerprint density at radius 2 is 2.19 bits per heavy atom. The number of aromatic nitrogens is 1. The molecule has 88 valence electrons. The highest BCUT2D eigenvalue weighted by molar-refractivity contribution is 5.90. The molecule has 1 rings (SSSR count). The number of nitrogens with zero attached hydrogens (tertiary/aromatic N) is 1. The molecule has 0 atom stereocenters. The van der Waals surface area contributed by atoms with Crippen molar-refractivity contribution in [3.05, 3.63) is 23.4 Å². The number of esters is 1. The molecule has 1 heterocycles. The SMILES string of the molecule is COC(=O)c1ccc(NCC(C)C)nc1C. The molecule has 0 aromatic carbocycles. The zero-order chi connectivity index (χ0) is 12.1. The lowest BCUT2D eigenvalue weighted by atomic mass is 10.2. The van der Waals surface area contributed by atoms with Crippen LogP contribution in [0.25, 0.3) is 0 Å². The van der Waals surface area contributed by atoms with Crippen molar-refractivity contribution in [2.24, 2.45) is 5.92 Å². The minimum absolute atomic E-state index is 0.347. The maximum absolute atomic E-state index is 11.3. The number of nitrogens with one attached hydrogen (secondary N) is 1. The van der Waals surface area contributed by atoms with Gasteiger partial charge in [0.1, 0.15) is 5.82 Å². The lowest BCUT2D eigenvalue weighted by Gasteiger charge is -2.10. The van der Waals surface area contributed by atoms with Gasteiger partial charge in [-0.1, -0.05) is 13.8 Å². The van der Waals surface area contributed by atoms with Crippen molar-refractivity contribution in [2.75, 3.05) is 19.0 Å². The van der Waals surface area contributed by atoms with Gasteiger partial charge in [0.15, 0.2) is 0 Å². The second-order valence-corrected chi connectivity index (χ2v) is 4.10. The largest absolute Gasteiger partial charge is 0.465 e. The molecule has 0 saturated carbocycles. The molecular weight excluding hydrogens is 204 g/mol. The van der Waals surface area contributed by atoms with Crippen LogP contribution in [0.3, 0.4) is 0 Å². The van der Waals surface area contributed by atoms with E-state index in [0.717, 1.165) is 12.4 Å². The number of hydrogen-bond donors (Lipinski definition) is 1. The van der Waals surface area contributed by atoms with Crippen LogP contribution in [0.4, 0.5) is 5.82 Å². The average Bonchev–Trinajstić information content (AvgIpc) is 2.25. The highest BCUT2D eigenvalue weighted by Crippen LogP contribution is 2.11. The summed E-state index contributed by atoms with van der Waals surface area (Å²) in [5.74, 6) is 1.00. The predicted octanol–water partition coefficient (Wildman–Crippen LogP) is 2.24. The zero-order valence-corrected chi connectivity index (χ0v) is 10.2. The van der Waals surface area contributed by atoms with Gasteiger partial charge in [-0.3, -0.25) is 0 Å². The number of ether oxygens (including phenoxy) is 1. The lowest BCUT2D eigenvalue weighted by molar-refractivity contribution is 0.0599. The summed E-state index contributed by atoms with van der Waals surface area (Å²) in [7, 11) is 1.37. The van der Waals surface area contributed by atoms with E-state index >= 15 is 0 Å². The van der Waals surface area contributed by atoms with Gasteiger partial charge in [0, 0.05) is 6.54 Å². The summed E-state index contributed by atoms with van der Waals surface area (Å²) in [6.07, 6.45) is 0. The van der Waals surface area contributed by atoms with Crippen molar-refractivity contribution in [3.63, 3.8) is 0 Å². The maximum Gasteiger partial charge on any atom is 0.339 e. The van der Waals surface area contributed by atoms with Crippen LogP contribution < -0.4 is 5.32 Å². The van der Waals surface area contributed by atoms with Gasteiger partial charge < -0.3 is 10.1 Å². The number of hydrogen-bond acceptors (Lipinski definition) is 4. The first-order valence-electron chi connectivity index (χ1n) is 5.34. The Morgan fingerprint density at radius 3 is 2.69 bits per heavy atom. The molecule has 0 bridgehead atoms. The van der Waals surface area contributed by atoms with Crippen LogP contribution in [-0.4, -0.2) is 24.6 Å². The number of carbonyl (C=O) groups excluding carboxylic acids is 1. The van der Waals surface area contributed by atoms with Crippen molar-refractivity contribution in [3.8, 4) is 0 Å². The van der Waals surface area contributed by atoms with Crippen molar-refractivity contribution in [2.45, 2.75) is 20.8 Å². The van der Waals surface area contributed by atoms with Gasteiger partial charge in [-0.05, 0) is 25.0 Å². The molecular formula is C12H18N2O2. The Hall–Kier alpha value is -1.58. The topological polar surface area (TPSA) is 51.2 Å². The Kier molecular flexibility index (Phi) is 4.28. The van der Waals surface area contributed by atoms with Gasteiger partial charge in [-0.2, -0.15) is 0 Å². The molecule has 1 aromatic heterocycles. The third-order valence-electron chi connectivity index (χ3n) is 2.18. The second-order valence-electron chi connectivity index (χ2n) is 4.10. The average molecular weight is 222 g/mol. The Morgan fingerprint density at radius 1 is 1.50 bits per heavy atom. The van der Waals surface area contributed by atoms with Crippen LogP contribution in [0.5, 0.6) is 0 Å². The van der Waals surface area contributed by atoms with E-state index in [0.29, 0.717) is 17.2 Å². The van der Waals surface area contributed by atoms with E-state index in [-0.39, 0.29) is 5.97 Å². The standard InChI is InChI=1S/C12H18N2O2/c1-8(2)7-13-11-6-5-10(9(3)14-11)12(15)16-4/h5-6,8H,7H2,1-4H3,(H,13,14). The highest BCUT2D eigenvalue weighted by Gasteiger charge is 2.10. The maximum atomic E-state index is 11.3. The van der Waals surface area contributed by atoms with E-state index in [2.05, 4.69) is 28.9 Å². The van der Waals surface area contributed by atoms with Gasteiger partial charge in [-0.25, -0.2) is 9.78 Å². The summed E-state index contributed by atoms with van der Waals surface area (Å²) >= 11 is 0. The molecule has 0 saturated heterocycles. The second kappa shape index (κ2) is 5.49. The first-order valence-corrected chi connectivity index (χ1v) is 5.34. The Labute approximate surface area is 96.0 Å². The summed E-state index contributed by atoms with van der Waals surface area (Å²) in [5.41, 5.74) is 1.19. The summed E-state index contributed by atoms with van der Waals surface area (Å²) < 4.78 is 4.66. The molecule has 16 heavy (non-hydrogen) atoms. The lowest BCUT2D eigenvalue weighted by Crippen LogP contribution is -2.11. The Bertz CT molecular complexity index is 375. The molecule has 0 aliphatic carbocycles. The quantitative estimate of drug-likeness (QED) is 0.794. The third kappa shape index (κ3) is 3.22. The fourth-order valence-corrected chi connectivity index (χ4v) is 1.29. The van der Waals surface area contributed by atoms with Crippen molar-refractivity contribution in [1.29, 1.82) is 0 Å². The summed E-state index contributed by atoms with van der Waals surface area (Å²) in [6, 6.07) is 3.53. The first kappa shape index (κ1) is 12.5. The molecule has 0 amide bonds. The molecule has 0 radical (unpaired) electrons. The van der Waals surface area contributed by atoms with Crippen molar-refractivity contribution < 1.29 is 9.53 Å². The highest BCUT2D eigenvalue weighted by atomic mass is 16.5. The molecule has 0 aliphatic heterocycles. The van der Waals surface area contributed by atoms with Crippen LogP contribution in [0.1, 0.15) is 29.9 Å². The van der Waals surface area contributed by atoms with Gasteiger partial charge in [-0.15, -0.1) is 0 Å². The molecule has 0 aliphatic rings. The first-order chi connectivity index (χ1) is 7.54. The third-order valence-corrected chi connectivity index (χ3v) is 2.18. The van der Waals surface area contributed by atoms with Crippen molar-refractivity contribution in [1.82, 2.24) is 4.98 Å². The number of methoxy groups -OCH3 is 1. The number of rotatable bonds is 4. The van der Waals surface area contributed by atoms with E-state index in [9.17, 15) is 4.79 Å². The minimum Gasteiger partial charge on any atom is -0.465 e. The number of carbonyl (C=O) groups is 1. The van der Waals surface area contributed by atoms with Gasteiger partial charge >= 0.3 is 5.97 Å². The molecule has 0 fully saturated rings. The van der Waals surface area contributed by atoms with Crippen LogP contribution in [0.2, 0.25) is 0 Å². The normalized spacial score (nSPS) is 10.3. The molecule has 0 unspecified atom stereocenters. The van der Waals surface area contributed by atoms with Crippen molar-refractivity contribution >= 4 is 11.8 Å². The zero-order valence-electron chi connectivity index (χ0n) is 10.2. The predicted molar refractivity (Wildman–Crippen MR) is 63.6 cm³/mol.